The van der Waals surface area contributed by atoms with Crippen LogP contribution in [-0.4, -0.2) is 52.9 Å². The summed E-state index contributed by atoms with van der Waals surface area (Å²) >= 11 is 0. The Kier molecular flexibility index (Phi) is 6.84. The van der Waals surface area contributed by atoms with Crippen molar-refractivity contribution >= 4 is 5.97 Å². The number of nitrogens with one attached hydrogen (secondary N) is 1. The predicted molar refractivity (Wildman–Crippen MR) is 102 cm³/mol. The molecule has 1 aliphatic carbocycles. The highest BCUT2D eigenvalue weighted by Gasteiger charge is 2.40. The lowest BCUT2D eigenvalue weighted by atomic mass is 9.73. The van der Waals surface area contributed by atoms with Crippen molar-refractivity contribution in [3.63, 3.8) is 0 Å². The summed E-state index contributed by atoms with van der Waals surface area (Å²) in [6, 6.07) is 9.01. The number of hydrogen-bond acceptors (Lipinski definition) is 5. The Balaban J connectivity index is 1.50. The maximum absolute atomic E-state index is 11.7. The van der Waals surface area contributed by atoms with E-state index in [0.717, 1.165) is 18.5 Å². The topological polar surface area (TPSA) is 96.6 Å². The van der Waals surface area contributed by atoms with Gasteiger partial charge in [0.25, 0.3) is 0 Å². The van der Waals surface area contributed by atoms with Crippen LogP contribution in [0.3, 0.4) is 0 Å². The average Bonchev–Trinajstić information content (AvgIpc) is 2.67. The van der Waals surface area contributed by atoms with Crippen molar-refractivity contribution in [1.82, 2.24) is 10.2 Å². The fourth-order valence-electron chi connectivity index (χ4n) is 4.63. The molecule has 1 aromatic carbocycles. The minimum Gasteiger partial charge on any atom is -0.480 e. The number of hydrogen-bond donors (Lipinski definition) is 3. The van der Waals surface area contributed by atoms with Gasteiger partial charge in [0, 0.05) is 26.2 Å². The number of carboxylic acids is 1. The average molecular weight is 371 g/mol. The number of rotatable bonds is 7. The molecule has 0 unspecified atom stereocenters. The van der Waals surface area contributed by atoms with Crippen LogP contribution in [0, 0.1) is 23.2 Å². The molecule has 0 aromatic heterocycles. The van der Waals surface area contributed by atoms with E-state index in [1.54, 1.807) is 6.07 Å². The SMILES string of the molecule is N#Cc1cccc(CNC[C@@H](O)CN2C[C@H]3CCCC[C@H]3C[C@H]2C(=O)O)c1. The molecule has 6 nitrogen and oxygen atoms in total. The number of fused-ring (bicyclic) bond motifs is 1. The van der Waals surface area contributed by atoms with Gasteiger partial charge in [0.1, 0.15) is 6.04 Å². The van der Waals surface area contributed by atoms with Crippen LogP contribution in [-0.2, 0) is 11.3 Å². The Bertz CT molecular complexity index is 687. The molecule has 146 valence electrons. The van der Waals surface area contributed by atoms with E-state index >= 15 is 0 Å². The van der Waals surface area contributed by atoms with E-state index in [1.807, 2.05) is 23.1 Å². The minimum absolute atomic E-state index is 0.380. The number of nitrogens with zero attached hydrogens (tertiary/aromatic N) is 2. The van der Waals surface area contributed by atoms with Crippen molar-refractivity contribution in [3.8, 4) is 6.07 Å². The van der Waals surface area contributed by atoms with Crippen molar-refractivity contribution in [2.24, 2.45) is 11.8 Å². The highest BCUT2D eigenvalue weighted by Crippen LogP contribution is 2.38. The third-order valence-corrected chi connectivity index (χ3v) is 6.00. The second-order valence-corrected chi connectivity index (χ2v) is 7.95. The smallest absolute Gasteiger partial charge is 0.320 e. The molecule has 1 aromatic rings. The molecule has 3 rings (SSSR count). The van der Waals surface area contributed by atoms with Crippen molar-refractivity contribution in [3.05, 3.63) is 35.4 Å². The molecule has 6 heteroatoms. The summed E-state index contributed by atoms with van der Waals surface area (Å²) < 4.78 is 0. The quantitative estimate of drug-likeness (QED) is 0.678. The van der Waals surface area contributed by atoms with Gasteiger partial charge in [-0.3, -0.25) is 9.69 Å². The van der Waals surface area contributed by atoms with Gasteiger partial charge < -0.3 is 15.5 Å². The van der Waals surface area contributed by atoms with Gasteiger partial charge in [0.15, 0.2) is 0 Å². The number of carbonyl (C=O) groups is 1. The Morgan fingerprint density at radius 3 is 2.85 bits per heavy atom. The summed E-state index contributed by atoms with van der Waals surface area (Å²) in [4.78, 5) is 13.7. The second kappa shape index (κ2) is 9.32. The molecule has 2 fully saturated rings. The summed E-state index contributed by atoms with van der Waals surface area (Å²) in [5.41, 5.74) is 1.61. The van der Waals surface area contributed by atoms with Crippen LogP contribution >= 0.6 is 0 Å². The first-order valence-electron chi connectivity index (χ1n) is 9.91. The Hall–Kier alpha value is -1.94. The zero-order valence-corrected chi connectivity index (χ0v) is 15.7. The third-order valence-electron chi connectivity index (χ3n) is 6.00. The van der Waals surface area contributed by atoms with E-state index in [1.165, 1.54) is 19.3 Å². The zero-order chi connectivity index (χ0) is 19.2. The molecule has 3 N–H and O–H groups in total. The predicted octanol–water partition coefficient (Wildman–Crippen LogP) is 1.97. The monoisotopic (exact) mass is 371 g/mol. The van der Waals surface area contributed by atoms with Gasteiger partial charge in [-0.05, 0) is 42.4 Å². The van der Waals surface area contributed by atoms with Crippen molar-refractivity contribution < 1.29 is 15.0 Å². The molecule has 1 heterocycles. The van der Waals surface area contributed by atoms with Gasteiger partial charge >= 0.3 is 5.97 Å². The third kappa shape index (κ3) is 5.29. The standard InChI is InChI=1S/C21H29N3O3/c22-10-15-4-3-5-16(8-15)11-23-12-19(25)14-24-13-18-7-2-1-6-17(18)9-20(24)21(26)27/h3-5,8,17-20,23,25H,1-2,6-7,9,11-14H2,(H,26,27)/t17-,18+,19+,20-/m0/s1. The molecule has 2 aliphatic rings. The lowest BCUT2D eigenvalue weighted by Gasteiger charge is -2.45. The molecule has 0 radical (unpaired) electrons. The van der Waals surface area contributed by atoms with E-state index in [2.05, 4.69) is 11.4 Å². The van der Waals surface area contributed by atoms with Crippen LogP contribution in [0.25, 0.3) is 0 Å². The van der Waals surface area contributed by atoms with E-state index in [0.29, 0.717) is 43.5 Å². The Morgan fingerprint density at radius 2 is 2.11 bits per heavy atom. The fourth-order valence-corrected chi connectivity index (χ4v) is 4.63. The number of nitriles is 1. The molecule has 0 bridgehead atoms. The van der Waals surface area contributed by atoms with Gasteiger partial charge in [0.2, 0.25) is 0 Å². The van der Waals surface area contributed by atoms with Crippen LogP contribution in [0.4, 0.5) is 0 Å². The molecular weight excluding hydrogens is 342 g/mol. The first-order valence-corrected chi connectivity index (χ1v) is 9.91. The van der Waals surface area contributed by atoms with Gasteiger partial charge in [-0.2, -0.15) is 5.26 Å². The zero-order valence-electron chi connectivity index (χ0n) is 15.7. The van der Waals surface area contributed by atoms with Crippen LogP contribution in [0.2, 0.25) is 0 Å². The molecule has 1 saturated carbocycles. The summed E-state index contributed by atoms with van der Waals surface area (Å²) in [6.07, 6.45) is 4.86. The van der Waals surface area contributed by atoms with Crippen molar-refractivity contribution in [2.75, 3.05) is 19.6 Å². The Labute approximate surface area is 160 Å². The second-order valence-electron chi connectivity index (χ2n) is 7.95. The lowest BCUT2D eigenvalue weighted by Crippen LogP contribution is -2.54. The van der Waals surface area contributed by atoms with Crippen LogP contribution < -0.4 is 5.32 Å². The summed E-state index contributed by atoms with van der Waals surface area (Å²) in [5.74, 6) is 0.328. The minimum atomic E-state index is -0.771. The normalized spacial score (nSPS) is 26.7. The van der Waals surface area contributed by atoms with Gasteiger partial charge in [0.05, 0.1) is 17.7 Å². The summed E-state index contributed by atoms with van der Waals surface area (Å²) in [6.45, 7) is 2.13. The van der Waals surface area contributed by atoms with Gasteiger partial charge in [-0.25, -0.2) is 0 Å². The van der Waals surface area contributed by atoms with Gasteiger partial charge in [-0.15, -0.1) is 0 Å². The number of benzene rings is 1. The highest BCUT2D eigenvalue weighted by molar-refractivity contribution is 5.73. The number of likely N-dealkylation sites (tertiary alicyclic amines) is 1. The molecule has 27 heavy (non-hydrogen) atoms. The maximum Gasteiger partial charge on any atom is 0.320 e. The van der Waals surface area contributed by atoms with Crippen molar-refractivity contribution in [2.45, 2.75) is 50.8 Å². The summed E-state index contributed by atoms with van der Waals surface area (Å²) in [5, 5.41) is 32.2. The fraction of sp³-hybridized carbons (Fsp3) is 0.619. The number of β-amino-alcohol motifs (C(OH)–C–C–N with tert-alkyl or cyclic N) is 1. The van der Waals surface area contributed by atoms with E-state index in [9.17, 15) is 15.0 Å². The first-order chi connectivity index (χ1) is 13.1. The molecule has 0 spiro atoms. The number of piperidine rings is 1. The maximum atomic E-state index is 11.7. The van der Waals surface area contributed by atoms with Crippen LogP contribution in [0.5, 0.6) is 0 Å². The van der Waals surface area contributed by atoms with Crippen molar-refractivity contribution in [1.29, 1.82) is 5.26 Å². The molecule has 1 aliphatic heterocycles. The van der Waals surface area contributed by atoms with Crippen LogP contribution in [0.1, 0.15) is 43.2 Å². The number of aliphatic hydroxyl groups excluding tert-OH is 1. The van der Waals surface area contributed by atoms with Crippen LogP contribution in [0.15, 0.2) is 24.3 Å². The Morgan fingerprint density at radius 1 is 1.33 bits per heavy atom. The largest absolute Gasteiger partial charge is 0.480 e. The van der Waals surface area contributed by atoms with E-state index in [-0.39, 0.29) is 0 Å². The van der Waals surface area contributed by atoms with E-state index in [4.69, 9.17) is 5.26 Å². The number of carboxylic acid groups (broad SMARTS) is 1. The number of aliphatic carboxylic acids is 1. The van der Waals surface area contributed by atoms with Gasteiger partial charge in [-0.1, -0.05) is 31.4 Å². The molecule has 4 atom stereocenters. The number of aliphatic hydroxyl groups is 1. The molecule has 1 saturated heterocycles. The van der Waals surface area contributed by atoms with E-state index < -0.39 is 18.1 Å². The molecule has 0 amide bonds. The highest BCUT2D eigenvalue weighted by atomic mass is 16.4. The first kappa shape index (κ1) is 19.8. The summed E-state index contributed by atoms with van der Waals surface area (Å²) in [7, 11) is 0. The molecular formula is C21H29N3O3. The lowest BCUT2D eigenvalue weighted by molar-refractivity contribution is -0.147.